The maximum Gasteiger partial charge on any atom is 0.138 e. The molecule has 2 N–H and O–H groups in total. The zero-order valence-electron chi connectivity index (χ0n) is 15.4. The van der Waals surface area contributed by atoms with Crippen LogP contribution in [0.15, 0.2) is 66.2 Å². The fourth-order valence-corrected chi connectivity index (χ4v) is 3.31. The van der Waals surface area contributed by atoms with E-state index in [-0.39, 0.29) is 0 Å². The van der Waals surface area contributed by atoms with E-state index in [1.807, 2.05) is 28.9 Å². The molecule has 0 fully saturated rings. The summed E-state index contributed by atoms with van der Waals surface area (Å²) in [4.78, 5) is 12.9. The molecule has 0 atom stereocenters. The minimum atomic E-state index is 0.512. The number of benzene rings is 1. The summed E-state index contributed by atoms with van der Waals surface area (Å²) < 4.78 is 2.00. The molecule has 0 spiro atoms. The molecule has 0 unspecified atom stereocenters. The molecule has 4 rings (SSSR count). The van der Waals surface area contributed by atoms with Gasteiger partial charge >= 0.3 is 0 Å². The largest absolute Gasteiger partial charge is 0.404 e. The number of aromatic nitrogens is 3. The van der Waals surface area contributed by atoms with Gasteiger partial charge in [0.25, 0.3) is 0 Å². The molecule has 28 heavy (non-hydrogen) atoms. The van der Waals surface area contributed by atoms with Gasteiger partial charge in [-0.05, 0) is 29.8 Å². The molecule has 6 heteroatoms. The van der Waals surface area contributed by atoms with Gasteiger partial charge in [0, 0.05) is 66.7 Å². The van der Waals surface area contributed by atoms with E-state index < -0.39 is 0 Å². The number of nitrogens with zero attached hydrogens (tertiary/aromatic N) is 5. The Hall–Kier alpha value is -3.98. The number of hydrogen-bond acceptors (Lipinski definition) is 5. The highest BCUT2D eigenvalue weighted by atomic mass is 15.0. The summed E-state index contributed by atoms with van der Waals surface area (Å²) >= 11 is 0. The lowest BCUT2D eigenvalue weighted by Crippen LogP contribution is -2.01. The topological polar surface area (TPSA) is 92.4 Å². The van der Waals surface area contributed by atoms with Crippen LogP contribution < -0.4 is 5.73 Å². The number of rotatable bonds is 4. The second-order valence-electron chi connectivity index (χ2n) is 6.41. The van der Waals surface area contributed by atoms with Crippen LogP contribution in [0, 0.1) is 11.3 Å². The molecule has 6 nitrogen and oxygen atoms in total. The van der Waals surface area contributed by atoms with E-state index in [9.17, 15) is 5.26 Å². The predicted molar refractivity (Wildman–Crippen MR) is 111 cm³/mol. The maximum absolute atomic E-state index is 9.53. The number of hydrogen-bond donors (Lipinski definition) is 1. The second-order valence-corrected chi connectivity index (χ2v) is 6.41. The highest BCUT2D eigenvalue weighted by Crippen LogP contribution is 2.22. The zero-order chi connectivity index (χ0) is 19.5. The summed E-state index contributed by atoms with van der Waals surface area (Å²) in [5, 5.41) is 10.6. The predicted octanol–water partition coefficient (Wildman–Crippen LogP) is 3.35. The normalized spacial score (nSPS) is 12.1. The lowest BCUT2D eigenvalue weighted by atomic mass is 10.0. The minimum Gasteiger partial charge on any atom is -0.404 e. The molecule has 0 saturated heterocycles. The lowest BCUT2D eigenvalue weighted by molar-refractivity contribution is 1.02. The molecule has 3 heterocycles. The first-order chi connectivity index (χ1) is 13.7. The number of fused-ring (bicyclic) bond motifs is 2. The van der Waals surface area contributed by atoms with Crippen molar-refractivity contribution in [1.82, 2.24) is 14.4 Å². The Kier molecular flexibility index (Phi) is 4.56. The van der Waals surface area contributed by atoms with Gasteiger partial charge < -0.3 is 10.1 Å². The standard InChI is InChI=1S/C22H18N6/c1-25-12-18(11-24)20-14-28-19(13-27-22(28)9-17(20)10-23)8-15-4-5-21-16(7-15)3-2-6-26-21/h2-7,9,11-14H,8,24H2,1H3/b18-11+,25-12?. The van der Waals surface area contributed by atoms with Crippen LogP contribution in [0.2, 0.25) is 0 Å². The van der Waals surface area contributed by atoms with E-state index >= 15 is 0 Å². The average Bonchev–Trinajstić information content (AvgIpc) is 3.12. The highest BCUT2D eigenvalue weighted by Gasteiger charge is 2.12. The third-order valence-electron chi connectivity index (χ3n) is 4.66. The van der Waals surface area contributed by atoms with Crippen LogP contribution in [0.5, 0.6) is 0 Å². The monoisotopic (exact) mass is 366 g/mol. The SMILES string of the molecule is CN=C/C(=C\N)c1cn2c(Cc3ccc4ncccc4c3)cnc2cc1C#N. The quantitative estimate of drug-likeness (QED) is 0.561. The Morgan fingerprint density at radius 2 is 2.18 bits per heavy atom. The van der Waals surface area contributed by atoms with Crippen molar-refractivity contribution in [3.8, 4) is 6.07 Å². The molecule has 0 saturated carbocycles. The van der Waals surface area contributed by atoms with Gasteiger partial charge in [0.2, 0.25) is 0 Å². The number of aliphatic imine (C=N–C) groups is 1. The smallest absolute Gasteiger partial charge is 0.138 e. The van der Waals surface area contributed by atoms with Crippen LogP contribution in [0.1, 0.15) is 22.4 Å². The fraction of sp³-hybridized carbons (Fsp3) is 0.0909. The van der Waals surface area contributed by atoms with Crippen molar-refractivity contribution in [1.29, 1.82) is 5.26 Å². The number of nitriles is 1. The van der Waals surface area contributed by atoms with Gasteiger partial charge in [0.1, 0.15) is 5.65 Å². The van der Waals surface area contributed by atoms with Crippen LogP contribution in [-0.2, 0) is 6.42 Å². The first kappa shape index (κ1) is 17.4. The molecule has 136 valence electrons. The Labute approximate surface area is 162 Å². The summed E-state index contributed by atoms with van der Waals surface area (Å²) in [6.45, 7) is 0. The van der Waals surface area contributed by atoms with Crippen LogP contribution in [0.25, 0.3) is 22.1 Å². The second kappa shape index (κ2) is 7.33. The van der Waals surface area contributed by atoms with E-state index in [1.165, 1.54) is 6.20 Å². The molecule has 0 radical (unpaired) electrons. The fourth-order valence-electron chi connectivity index (χ4n) is 3.31. The molecule has 3 aromatic heterocycles. The minimum absolute atomic E-state index is 0.512. The highest BCUT2D eigenvalue weighted by molar-refractivity contribution is 6.10. The van der Waals surface area contributed by atoms with Crippen molar-refractivity contribution in [2.24, 2.45) is 10.7 Å². The van der Waals surface area contributed by atoms with Crippen LogP contribution >= 0.6 is 0 Å². The van der Waals surface area contributed by atoms with Crippen LogP contribution in [0.3, 0.4) is 0 Å². The van der Waals surface area contributed by atoms with Crippen molar-refractivity contribution in [3.05, 3.63) is 83.6 Å². The summed E-state index contributed by atoms with van der Waals surface area (Å²) in [5.41, 5.74) is 11.6. The summed E-state index contributed by atoms with van der Waals surface area (Å²) in [6, 6.07) is 14.2. The molecule has 4 aromatic rings. The number of nitrogens with two attached hydrogens (primary N) is 1. The first-order valence-electron chi connectivity index (χ1n) is 8.81. The molecule has 0 aliphatic rings. The third-order valence-corrected chi connectivity index (χ3v) is 4.66. The Morgan fingerprint density at radius 1 is 1.29 bits per heavy atom. The van der Waals surface area contributed by atoms with Gasteiger partial charge in [-0.15, -0.1) is 0 Å². The molecular weight excluding hydrogens is 348 g/mol. The van der Waals surface area contributed by atoms with E-state index in [2.05, 4.69) is 39.2 Å². The number of pyridine rings is 2. The van der Waals surface area contributed by atoms with Crippen molar-refractivity contribution in [2.75, 3.05) is 7.05 Å². The Morgan fingerprint density at radius 3 is 2.96 bits per heavy atom. The molecule has 0 aliphatic heterocycles. The molecule has 0 bridgehead atoms. The molecular formula is C22H18N6. The maximum atomic E-state index is 9.53. The van der Waals surface area contributed by atoms with Gasteiger partial charge in [0.15, 0.2) is 0 Å². The lowest BCUT2D eigenvalue weighted by Gasteiger charge is -2.08. The summed E-state index contributed by atoms with van der Waals surface area (Å²) in [7, 11) is 1.67. The van der Waals surface area contributed by atoms with Gasteiger partial charge in [0.05, 0.1) is 17.1 Å². The summed E-state index contributed by atoms with van der Waals surface area (Å²) in [6.07, 6.45) is 9.35. The number of imidazole rings is 1. The van der Waals surface area contributed by atoms with Gasteiger partial charge in [-0.3, -0.25) is 9.98 Å². The third kappa shape index (κ3) is 3.10. The molecule has 0 amide bonds. The zero-order valence-corrected chi connectivity index (χ0v) is 15.4. The van der Waals surface area contributed by atoms with Crippen LogP contribution in [-0.4, -0.2) is 27.6 Å². The van der Waals surface area contributed by atoms with Crippen molar-refractivity contribution < 1.29 is 0 Å². The molecule has 1 aromatic carbocycles. The average molecular weight is 366 g/mol. The Balaban J connectivity index is 1.80. The van der Waals surface area contributed by atoms with Crippen molar-refractivity contribution in [3.63, 3.8) is 0 Å². The first-order valence-corrected chi connectivity index (χ1v) is 8.81. The van der Waals surface area contributed by atoms with Gasteiger partial charge in [-0.25, -0.2) is 4.98 Å². The van der Waals surface area contributed by atoms with E-state index in [4.69, 9.17) is 5.73 Å². The van der Waals surface area contributed by atoms with Crippen LogP contribution in [0.4, 0.5) is 0 Å². The van der Waals surface area contributed by atoms with Gasteiger partial charge in [-0.2, -0.15) is 5.26 Å². The van der Waals surface area contributed by atoms with E-state index in [1.54, 1.807) is 25.5 Å². The van der Waals surface area contributed by atoms with Crippen molar-refractivity contribution >= 4 is 28.3 Å². The van der Waals surface area contributed by atoms with Crippen molar-refractivity contribution in [2.45, 2.75) is 6.42 Å². The van der Waals surface area contributed by atoms with E-state index in [0.717, 1.165) is 33.4 Å². The molecule has 0 aliphatic carbocycles. The summed E-state index contributed by atoms with van der Waals surface area (Å²) in [5.74, 6) is 0. The Bertz CT molecular complexity index is 1270. The van der Waals surface area contributed by atoms with E-state index in [0.29, 0.717) is 17.6 Å². The van der Waals surface area contributed by atoms with Gasteiger partial charge in [-0.1, -0.05) is 12.1 Å². The number of allylic oxidation sites excluding steroid dienone is 1.